The van der Waals surface area contributed by atoms with Gasteiger partial charge in [0, 0.05) is 11.8 Å². The molecule has 1 saturated heterocycles. The molecule has 5 heteroatoms. The quantitative estimate of drug-likeness (QED) is 0.750. The van der Waals surface area contributed by atoms with Gasteiger partial charge >= 0.3 is 0 Å². The minimum atomic E-state index is 0.693. The van der Waals surface area contributed by atoms with Gasteiger partial charge in [0.15, 0.2) is 4.34 Å². The molecule has 3 nitrogen and oxygen atoms in total. The molecule has 0 aromatic carbocycles. The Bertz CT molecular complexity index is 219. The van der Waals surface area contributed by atoms with Gasteiger partial charge in [-0.15, -0.1) is 10.2 Å². The number of aromatic nitrogens is 2. The maximum absolute atomic E-state index is 3.98. The zero-order valence-corrected chi connectivity index (χ0v) is 8.33. The fourth-order valence-electron chi connectivity index (χ4n) is 1.30. The topological polar surface area (TPSA) is 37.8 Å². The van der Waals surface area contributed by atoms with Crippen molar-refractivity contribution >= 4 is 23.1 Å². The van der Waals surface area contributed by atoms with Crippen molar-refractivity contribution in [3.8, 4) is 0 Å². The number of nitrogens with one attached hydrogen (secondary N) is 1. The molecular weight excluding hydrogens is 190 g/mol. The summed E-state index contributed by atoms with van der Waals surface area (Å²) in [5, 5.41) is 11.2. The lowest BCUT2D eigenvalue weighted by molar-refractivity contribution is 0.674. The van der Waals surface area contributed by atoms with Crippen LogP contribution in [0.3, 0.4) is 0 Å². The molecule has 66 valence electrons. The molecule has 2 rings (SSSR count). The van der Waals surface area contributed by atoms with Gasteiger partial charge in [-0.25, -0.2) is 0 Å². The van der Waals surface area contributed by atoms with E-state index in [0.717, 1.165) is 10.1 Å². The summed E-state index contributed by atoms with van der Waals surface area (Å²) in [6.07, 6.45) is 2.63. The predicted molar refractivity (Wildman–Crippen MR) is 51.7 cm³/mol. The van der Waals surface area contributed by atoms with Crippen LogP contribution >= 0.6 is 23.1 Å². The molecule has 1 aromatic heterocycles. The number of hydrogen-bond acceptors (Lipinski definition) is 5. The van der Waals surface area contributed by atoms with E-state index < -0.39 is 0 Å². The van der Waals surface area contributed by atoms with Crippen LogP contribution in [0.4, 0.5) is 0 Å². The highest BCUT2D eigenvalue weighted by Gasteiger charge is 2.14. The molecule has 1 aliphatic heterocycles. The molecule has 0 saturated carbocycles. The third-order valence-electron chi connectivity index (χ3n) is 1.91. The molecule has 1 fully saturated rings. The Morgan fingerprint density at radius 1 is 1.75 bits per heavy atom. The molecule has 1 unspecified atom stereocenters. The summed E-state index contributed by atoms with van der Waals surface area (Å²) in [5.41, 5.74) is 1.78. The summed E-state index contributed by atoms with van der Waals surface area (Å²) in [7, 11) is 0. The van der Waals surface area contributed by atoms with Crippen molar-refractivity contribution in [3.63, 3.8) is 0 Å². The second-order valence-electron chi connectivity index (χ2n) is 2.81. The summed E-state index contributed by atoms with van der Waals surface area (Å²) >= 11 is 3.43. The van der Waals surface area contributed by atoms with Crippen LogP contribution < -0.4 is 5.32 Å². The monoisotopic (exact) mass is 201 g/mol. The van der Waals surface area contributed by atoms with Gasteiger partial charge in [-0.3, -0.25) is 0 Å². The van der Waals surface area contributed by atoms with Crippen LogP contribution in [0.2, 0.25) is 0 Å². The van der Waals surface area contributed by atoms with Crippen molar-refractivity contribution in [2.45, 2.75) is 23.2 Å². The third-order valence-corrected chi connectivity index (χ3v) is 3.93. The van der Waals surface area contributed by atoms with Crippen LogP contribution in [0, 0.1) is 0 Å². The first-order valence-corrected chi connectivity index (χ1v) is 5.94. The average Bonchev–Trinajstić information content (AvgIpc) is 2.74. The van der Waals surface area contributed by atoms with E-state index >= 15 is 0 Å². The van der Waals surface area contributed by atoms with Gasteiger partial charge in [-0.05, 0) is 19.4 Å². The smallest absolute Gasteiger partial charge is 0.174 e. The van der Waals surface area contributed by atoms with Gasteiger partial charge in [0.1, 0.15) is 5.51 Å². The standard InChI is InChI=1S/C7H11N3S2/c1-2-6(8-3-1)4-11-7-10-9-5-12-7/h5-6,8H,1-4H2. The van der Waals surface area contributed by atoms with E-state index in [1.165, 1.54) is 19.4 Å². The van der Waals surface area contributed by atoms with Gasteiger partial charge in [-0.1, -0.05) is 23.1 Å². The normalized spacial score (nSPS) is 23.2. The van der Waals surface area contributed by atoms with Crippen molar-refractivity contribution in [1.82, 2.24) is 15.5 Å². The minimum Gasteiger partial charge on any atom is -0.313 e. The Morgan fingerprint density at radius 2 is 2.75 bits per heavy atom. The highest BCUT2D eigenvalue weighted by Crippen LogP contribution is 2.21. The van der Waals surface area contributed by atoms with E-state index in [4.69, 9.17) is 0 Å². The highest BCUT2D eigenvalue weighted by atomic mass is 32.2. The lowest BCUT2D eigenvalue weighted by Crippen LogP contribution is -2.23. The molecular formula is C7H11N3S2. The average molecular weight is 201 g/mol. The summed E-state index contributed by atoms with van der Waals surface area (Å²) < 4.78 is 1.09. The van der Waals surface area contributed by atoms with Crippen LogP contribution in [0.25, 0.3) is 0 Å². The van der Waals surface area contributed by atoms with Gasteiger partial charge in [-0.2, -0.15) is 0 Å². The van der Waals surface area contributed by atoms with E-state index in [9.17, 15) is 0 Å². The molecule has 1 atom stereocenters. The molecule has 1 aromatic rings. The van der Waals surface area contributed by atoms with Gasteiger partial charge < -0.3 is 5.32 Å². The van der Waals surface area contributed by atoms with Crippen LogP contribution in [0.5, 0.6) is 0 Å². The van der Waals surface area contributed by atoms with Crippen molar-refractivity contribution in [2.75, 3.05) is 12.3 Å². The van der Waals surface area contributed by atoms with Crippen molar-refractivity contribution < 1.29 is 0 Å². The molecule has 0 aliphatic carbocycles. The Balaban J connectivity index is 1.74. The largest absolute Gasteiger partial charge is 0.313 e. The molecule has 1 aliphatic rings. The zero-order valence-electron chi connectivity index (χ0n) is 6.69. The second kappa shape index (κ2) is 4.20. The summed E-state index contributed by atoms with van der Waals surface area (Å²) in [4.78, 5) is 0. The Labute approximate surface area is 80.0 Å². The third kappa shape index (κ3) is 2.18. The van der Waals surface area contributed by atoms with Gasteiger partial charge in [0.25, 0.3) is 0 Å². The van der Waals surface area contributed by atoms with E-state index in [1.807, 2.05) is 0 Å². The fourth-order valence-corrected chi connectivity index (χ4v) is 2.91. The minimum absolute atomic E-state index is 0.693. The number of nitrogens with zero attached hydrogens (tertiary/aromatic N) is 2. The zero-order chi connectivity index (χ0) is 8.23. The maximum Gasteiger partial charge on any atom is 0.174 e. The molecule has 12 heavy (non-hydrogen) atoms. The number of rotatable bonds is 3. The fraction of sp³-hybridized carbons (Fsp3) is 0.714. The summed E-state index contributed by atoms with van der Waals surface area (Å²) in [6, 6.07) is 0.693. The first kappa shape index (κ1) is 8.47. The number of hydrogen-bond donors (Lipinski definition) is 1. The van der Waals surface area contributed by atoms with Gasteiger partial charge in [0.2, 0.25) is 0 Å². The molecule has 0 amide bonds. The van der Waals surface area contributed by atoms with Crippen LogP contribution in [0.1, 0.15) is 12.8 Å². The first-order valence-electron chi connectivity index (χ1n) is 4.07. The lowest BCUT2D eigenvalue weighted by atomic mass is 10.3. The van der Waals surface area contributed by atoms with Crippen molar-refractivity contribution in [2.24, 2.45) is 0 Å². The lowest BCUT2D eigenvalue weighted by Gasteiger charge is -2.06. The molecule has 0 bridgehead atoms. The molecule has 0 spiro atoms. The summed E-state index contributed by atoms with van der Waals surface area (Å²) in [5.74, 6) is 1.13. The Morgan fingerprint density at radius 3 is 3.42 bits per heavy atom. The van der Waals surface area contributed by atoms with E-state index in [0.29, 0.717) is 6.04 Å². The highest BCUT2D eigenvalue weighted by molar-refractivity contribution is 8.01. The van der Waals surface area contributed by atoms with Crippen LogP contribution in [-0.2, 0) is 0 Å². The predicted octanol–water partition coefficient (Wildman–Crippen LogP) is 1.38. The number of thioether (sulfide) groups is 1. The maximum atomic E-state index is 3.98. The van der Waals surface area contributed by atoms with E-state index in [1.54, 1.807) is 28.6 Å². The Hall–Kier alpha value is -0.130. The van der Waals surface area contributed by atoms with Crippen molar-refractivity contribution in [1.29, 1.82) is 0 Å². The molecule has 0 radical (unpaired) electrons. The summed E-state index contributed by atoms with van der Waals surface area (Å²) in [6.45, 7) is 1.18. The molecule has 1 N–H and O–H groups in total. The van der Waals surface area contributed by atoms with Gasteiger partial charge in [0.05, 0.1) is 0 Å². The van der Waals surface area contributed by atoms with Crippen molar-refractivity contribution in [3.05, 3.63) is 5.51 Å². The van der Waals surface area contributed by atoms with E-state index in [-0.39, 0.29) is 0 Å². The van der Waals surface area contributed by atoms with E-state index in [2.05, 4.69) is 15.5 Å². The second-order valence-corrected chi connectivity index (χ2v) is 4.91. The van der Waals surface area contributed by atoms with Crippen LogP contribution in [0.15, 0.2) is 9.85 Å². The SMILES string of the molecule is c1nnc(SCC2CCCN2)s1. The first-order chi connectivity index (χ1) is 5.95. The van der Waals surface area contributed by atoms with Crippen LogP contribution in [-0.4, -0.2) is 28.5 Å². The molecule has 2 heterocycles. The Kier molecular flexibility index (Phi) is 2.97.